The molecule has 0 unspecified atom stereocenters. The van der Waals surface area contributed by atoms with Gasteiger partial charge in [-0.15, -0.1) is 0 Å². The summed E-state index contributed by atoms with van der Waals surface area (Å²) in [7, 11) is 0. The molecule has 0 saturated heterocycles. The molecular weight excluding hydrogens is 294 g/mol. The van der Waals surface area contributed by atoms with Crippen molar-refractivity contribution in [3.8, 4) is 5.75 Å². The van der Waals surface area contributed by atoms with Crippen LogP contribution in [0, 0.1) is 0 Å². The van der Waals surface area contributed by atoms with Gasteiger partial charge < -0.3 is 15.2 Å². The standard InChI is InChI=1S/C13H16O2.C5H11NO2/c1-9(14)10-4-5-12-11(8-10)6-7-13(2,3)15-12;1-5(2,3)8-4(6)7/h4-5,8H,6-7H2,1-3H3;1-3H3,(H2,6,7). The van der Waals surface area contributed by atoms with Gasteiger partial charge in [0.1, 0.15) is 17.0 Å². The number of amides is 1. The maximum atomic E-state index is 11.2. The van der Waals surface area contributed by atoms with E-state index in [2.05, 4.69) is 18.6 Å². The van der Waals surface area contributed by atoms with E-state index in [-0.39, 0.29) is 11.4 Å². The molecule has 0 saturated carbocycles. The molecule has 2 N–H and O–H groups in total. The lowest BCUT2D eigenvalue weighted by Crippen LogP contribution is -2.32. The second-order valence-electron chi connectivity index (χ2n) is 7.27. The minimum atomic E-state index is -0.725. The molecule has 1 aromatic carbocycles. The number of ether oxygens (including phenoxy) is 2. The number of hydrogen-bond acceptors (Lipinski definition) is 4. The molecule has 1 amide bonds. The molecule has 5 heteroatoms. The molecule has 0 bridgehead atoms. The highest BCUT2D eigenvalue weighted by atomic mass is 16.6. The molecule has 0 spiro atoms. The van der Waals surface area contributed by atoms with Crippen LogP contribution in [0.4, 0.5) is 4.79 Å². The molecule has 1 aliphatic heterocycles. The SMILES string of the molecule is CC(=O)c1ccc2c(c1)CCC(C)(C)O2.CC(C)(C)OC(N)=O. The third-order valence-corrected chi connectivity index (χ3v) is 3.26. The van der Waals surface area contributed by atoms with Crippen LogP contribution in [0.2, 0.25) is 0 Å². The van der Waals surface area contributed by atoms with E-state index >= 15 is 0 Å². The van der Waals surface area contributed by atoms with Crippen molar-refractivity contribution in [3.63, 3.8) is 0 Å². The highest BCUT2D eigenvalue weighted by Gasteiger charge is 2.26. The summed E-state index contributed by atoms with van der Waals surface area (Å²) in [4.78, 5) is 21.2. The van der Waals surface area contributed by atoms with Gasteiger partial charge in [-0.2, -0.15) is 0 Å². The summed E-state index contributed by atoms with van der Waals surface area (Å²) in [6.07, 6.45) is 1.27. The number of aryl methyl sites for hydroxylation is 1. The van der Waals surface area contributed by atoms with Gasteiger partial charge in [0, 0.05) is 5.56 Å². The number of fused-ring (bicyclic) bond motifs is 1. The van der Waals surface area contributed by atoms with Crippen molar-refractivity contribution >= 4 is 11.9 Å². The fraction of sp³-hybridized carbons (Fsp3) is 0.556. The minimum Gasteiger partial charge on any atom is -0.488 e. The minimum absolute atomic E-state index is 0.0786. The van der Waals surface area contributed by atoms with Crippen molar-refractivity contribution in [2.24, 2.45) is 5.73 Å². The van der Waals surface area contributed by atoms with E-state index in [1.165, 1.54) is 0 Å². The van der Waals surface area contributed by atoms with Crippen LogP contribution in [0.5, 0.6) is 5.75 Å². The van der Waals surface area contributed by atoms with Crippen LogP contribution in [0.3, 0.4) is 0 Å². The van der Waals surface area contributed by atoms with Crippen LogP contribution in [0.15, 0.2) is 18.2 Å². The summed E-state index contributed by atoms with van der Waals surface area (Å²) in [6.45, 7) is 11.1. The number of ketones is 1. The monoisotopic (exact) mass is 321 g/mol. The third-order valence-electron chi connectivity index (χ3n) is 3.26. The summed E-state index contributed by atoms with van der Waals surface area (Å²) in [5, 5.41) is 0. The van der Waals surface area contributed by atoms with Crippen LogP contribution in [0.1, 0.15) is 63.9 Å². The first-order valence-corrected chi connectivity index (χ1v) is 7.71. The lowest BCUT2D eigenvalue weighted by Gasteiger charge is -2.32. The number of carbonyl (C=O) groups is 2. The first-order chi connectivity index (χ1) is 10.4. The topological polar surface area (TPSA) is 78.6 Å². The number of Topliss-reactive ketones (excluding diaryl/α,β-unsaturated/α-hetero) is 1. The fourth-order valence-electron chi connectivity index (χ4n) is 2.18. The molecule has 1 aromatic rings. The molecular formula is C18H27NO4. The molecule has 0 fully saturated rings. The van der Waals surface area contributed by atoms with Crippen molar-refractivity contribution in [1.29, 1.82) is 0 Å². The number of primary amides is 1. The van der Waals surface area contributed by atoms with Gasteiger partial charge in [-0.05, 0) is 78.1 Å². The maximum absolute atomic E-state index is 11.2. The van der Waals surface area contributed by atoms with Gasteiger partial charge in [0.15, 0.2) is 5.78 Å². The molecule has 23 heavy (non-hydrogen) atoms. The zero-order valence-corrected chi connectivity index (χ0v) is 14.9. The Kier molecular flexibility index (Phi) is 5.81. The zero-order chi connectivity index (χ0) is 17.8. The van der Waals surface area contributed by atoms with E-state index < -0.39 is 11.7 Å². The van der Waals surface area contributed by atoms with E-state index in [4.69, 9.17) is 10.5 Å². The quantitative estimate of drug-likeness (QED) is 0.796. The largest absolute Gasteiger partial charge is 0.488 e. The molecule has 0 radical (unpaired) electrons. The molecule has 2 rings (SSSR count). The zero-order valence-electron chi connectivity index (χ0n) is 14.9. The predicted octanol–water partition coefficient (Wildman–Crippen LogP) is 3.87. The summed E-state index contributed by atoms with van der Waals surface area (Å²) >= 11 is 0. The molecule has 5 nitrogen and oxygen atoms in total. The van der Waals surface area contributed by atoms with Gasteiger partial charge in [-0.3, -0.25) is 4.79 Å². The third kappa shape index (κ3) is 6.72. The number of nitrogens with two attached hydrogens (primary N) is 1. The Hall–Kier alpha value is -2.04. The summed E-state index contributed by atoms with van der Waals surface area (Å²) in [6, 6.07) is 5.70. The van der Waals surface area contributed by atoms with Crippen molar-refractivity contribution in [2.45, 2.75) is 65.6 Å². The van der Waals surface area contributed by atoms with E-state index in [1.54, 1.807) is 27.7 Å². The van der Waals surface area contributed by atoms with Crippen LogP contribution in [0.25, 0.3) is 0 Å². The smallest absolute Gasteiger partial charge is 0.405 e. The first-order valence-electron chi connectivity index (χ1n) is 7.71. The van der Waals surface area contributed by atoms with Crippen LogP contribution in [-0.2, 0) is 11.2 Å². The van der Waals surface area contributed by atoms with E-state index in [1.807, 2.05) is 18.2 Å². The Bertz CT molecular complexity index is 585. The Morgan fingerprint density at radius 2 is 1.87 bits per heavy atom. The van der Waals surface area contributed by atoms with Crippen molar-refractivity contribution < 1.29 is 19.1 Å². The second-order valence-corrected chi connectivity index (χ2v) is 7.27. The summed E-state index contributed by atoms with van der Waals surface area (Å²) in [5.41, 5.74) is 6.12. The molecule has 1 heterocycles. The normalized spacial score (nSPS) is 15.4. The lowest BCUT2D eigenvalue weighted by atomic mass is 9.93. The van der Waals surface area contributed by atoms with Gasteiger partial charge in [-0.25, -0.2) is 4.79 Å². The predicted molar refractivity (Wildman–Crippen MR) is 89.9 cm³/mol. The average molecular weight is 321 g/mol. The molecule has 1 aliphatic rings. The van der Waals surface area contributed by atoms with Crippen molar-refractivity contribution in [1.82, 2.24) is 0 Å². The summed E-state index contributed by atoms with van der Waals surface area (Å²) in [5.74, 6) is 1.04. The van der Waals surface area contributed by atoms with Gasteiger partial charge in [-0.1, -0.05) is 0 Å². The van der Waals surface area contributed by atoms with Gasteiger partial charge in [0.2, 0.25) is 0 Å². The maximum Gasteiger partial charge on any atom is 0.405 e. The number of carbonyl (C=O) groups excluding carboxylic acids is 2. The highest BCUT2D eigenvalue weighted by Crippen LogP contribution is 2.33. The lowest BCUT2D eigenvalue weighted by molar-refractivity contribution is 0.0599. The summed E-state index contributed by atoms with van der Waals surface area (Å²) < 4.78 is 10.4. The van der Waals surface area contributed by atoms with E-state index in [9.17, 15) is 9.59 Å². The second kappa shape index (κ2) is 7.02. The van der Waals surface area contributed by atoms with Crippen LogP contribution >= 0.6 is 0 Å². The van der Waals surface area contributed by atoms with E-state index in [0.717, 1.165) is 29.7 Å². The Balaban J connectivity index is 0.000000284. The Morgan fingerprint density at radius 1 is 1.26 bits per heavy atom. The van der Waals surface area contributed by atoms with Gasteiger partial charge >= 0.3 is 6.09 Å². The number of hydrogen-bond donors (Lipinski definition) is 1. The average Bonchev–Trinajstić information content (AvgIpc) is 2.34. The van der Waals surface area contributed by atoms with Gasteiger partial charge in [0.05, 0.1) is 0 Å². The van der Waals surface area contributed by atoms with Crippen LogP contribution in [-0.4, -0.2) is 23.1 Å². The molecule has 128 valence electrons. The van der Waals surface area contributed by atoms with Crippen LogP contribution < -0.4 is 10.5 Å². The van der Waals surface area contributed by atoms with Crippen molar-refractivity contribution in [3.05, 3.63) is 29.3 Å². The Labute approximate surface area is 138 Å². The fourth-order valence-corrected chi connectivity index (χ4v) is 2.18. The number of rotatable bonds is 1. The highest BCUT2D eigenvalue weighted by molar-refractivity contribution is 5.94. The Morgan fingerprint density at radius 3 is 2.30 bits per heavy atom. The number of benzene rings is 1. The molecule has 0 atom stereocenters. The van der Waals surface area contributed by atoms with Gasteiger partial charge in [0.25, 0.3) is 0 Å². The van der Waals surface area contributed by atoms with E-state index in [0.29, 0.717) is 0 Å². The first kappa shape index (κ1) is 19.0. The molecule has 0 aromatic heterocycles. The van der Waals surface area contributed by atoms with Crippen molar-refractivity contribution in [2.75, 3.05) is 0 Å². The molecule has 0 aliphatic carbocycles.